The van der Waals surface area contributed by atoms with Gasteiger partial charge in [-0.05, 0) is 28.6 Å². The van der Waals surface area contributed by atoms with Crippen molar-refractivity contribution in [1.82, 2.24) is 4.98 Å². The number of hydrogen-bond acceptors (Lipinski definition) is 5. The molecule has 120 valence electrons. The number of thioether (sulfide) groups is 1. The predicted octanol–water partition coefficient (Wildman–Crippen LogP) is 4.88. The quantitative estimate of drug-likeness (QED) is 0.450. The van der Waals surface area contributed by atoms with Gasteiger partial charge in [0.15, 0.2) is 0 Å². The van der Waals surface area contributed by atoms with E-state index in [0.29, 0.717) is 21.4 Å². The van der Waals surface area contributed by atoms with Crippen molar-refractivity contribution in [2.24, 2.45) is 0 Å². The third kappa shape index (κ3) is 3.13. The summed E-state index contributed by atoms with van der Waals surface area (Å²) in [5, 5.41) is 27.9. The summed E-state index contributed by atoms with van der Waals surface area (Å²) in [6, 6.07) is 13.0. The number of rotatable bonds is 5. The molecule has 0 bridgehead atoms. The predicted molar refractivity (Wildman–Crippen MR) is 100 cm³/mol. The van der Waals surface area contributed by atoms with Crippen molar-refractivity contribution < 1.29 is 5.11 Å². The van der Waals surface area contributed by atoms with Crippen LogP contribution in [0.25, 0.3) is 10.8 Å². The largest absolute Gasteiger partial charge is 0.493 e. The van der Waals surface area contributed by atoms with Crippen molar-refractivity contribution in [3.8, 4) is 5.88 Å². The van der Waals surface area contributed by atoms with Crippen LogP contribution in [0.3, 0.4) is 0 Å². The van der Waals surface area contributed by atoms with Gasteiger partial charge >= 0.3 is 0 Å². The van der Waals surface area contributed by atoms with E-state index in [4.69, 9.17) is 22.4 Å². The van der Waals surface area contributed by atoms with Gasteiger partial charge in [0.1, 0.15) is 5.03 Å². The van der Waals surface area contributed by atoms with Gasteiger partial charge in [-0.1, -0.05) is 41.9 Å². The molecule has 4 nitrogen and oxygen atoms in total. The van der Waals surface area contributed by atoms with Crippen molar-refractivity contribution in [2.75, 3.05) is 0 Å². The van der Waals surface area contributed by atoms with Gasteiger partial charge in [0.25, 0.3) is 0 Å². The molecule has 0 saturated heterocycles. The lowest BCUT2D eigenvalue weighted by Gasteiger charge is -2.11. The van der Waals surface area contributed by atoms with E-state index in [1.807, 2.05) is 30.3 Å². The Morgan fingerprint density at radius 2 is 1.88 bits per heavy atom. The molecule has 0 fully saturated rings. The van der Waals surface area contributed by atoms with Crippen LogP contribution in [-0.2, 0) is 5.75 Å². The van der Waals surface area contributed by atoms with Gasteiger partial charge in [0, 0.05) is 28.6 Å². The van der Waals surface area contributed by atoms with E-state index in [1.165, 1.54) is 18.0 Å². The molecule has 2 aromatic carbocycles. The summed E-state index contributed by atoms with van der Waals surface area (Å²) >= 11 is 7.66. The highest BCUT2D eigenvalue weighted by Gasteiger charge is 2.13. The zero-order valence-corrected chi connectivity index (χ0v) is 14.2. The Morgan fingerprint density at radius 1 is 1.08 bits per heavy atom. The average molecular weight is 356 g/mol. The molecule has 24 heavy (non-hydrogen) atoms. The molecular formula is C18H14ClN3OS. The molecule has 0 amide bonds. The van der Waals surface area contributed by atoms with Crippen LogP contribution in [0.2, 0.25) is 5.02 Å². The minimum atomic E-state index is -0.165. The number of nitrogens with zero attached hydrogens (tertiary/aromatic N) is 1. The Morgan fingerprint density at radius 3 is 2.58 bits per heavy atom. The van der Waals surface area contributed by atoms with E-state index in [-0.39, 0.29) is 5.88 Å². The van der Waals surface area contributed by atoms with E-state index in [1.54, 1.807) is 12.1 Å². The Labute approximate surface area is 148 Å². The fourth-order valence-electron chi connectivity index (χ4n) is 2.41. The molecule has 0 aliphatic rings. The maximum Gasteiger partial charge on any atom is 0.221 e. The van der Waals surface area contributed by atoms with Gasteiger partial charge in [-0.2, -0.15) is 0 Å². The fraction of sp³-hybridized carbons (Fsp3) is 0.0556. The second-order valence-electron chi connectivity index (χ2n) is 5.13. The summed E-state index contributed by atoms with van der Waals surface area (Å²) in [7, 11) is 0. The summed E-state index contributed by atoms with van der Waals surface area (Å²) in [5.41, 5.74) is 2.10. The van der Waals surface area contributed by atoms with E-state index in [9.17, 15) is 5.11 Å². The van der Waals surface area contributed by atoms with Crippen molar-refractivity contribution in [3.05, 3.63) is 64.2 Å². The topological polar surface area (TPSA) is 80.8 Å². The van der Waals surface area contributed by atoms with Crippen molar-refractivity contribution in [1.29, 1.82) is 10.8 Å². The fourth-order valence-corrected chi connectivity index (χ4v) is 3.72. The molecule has 0 aliphatic carbocycles. The first-order valence-corrected chi connectivity index (χ1v) is 8.54. The lowest BCUT2D eigenvalue weighted by molar-refractivity contribution is 0.449. The molecule has 1 heterocycles. The molecule has 3 N–H and O–H groups in total. The highest BCUT2D eigenvalue weighted by molar-refractivity contribution is 7.98. The van der Waals surface area contributed by atoms with Crippen molar-refractivity contribution >= 4 is 46.6 Å². The first-order valence-electron chi connectivity index (χ1n) is 7.18. The van der Waals surface area contributed by atoms with E-state index in [2.05, 4.69) is 4.98 Å². The molecule has 0 spiro atoms. The number of nitrogens with one attached hydrogen (secondary N) is 2. The number of aromatic nitrogens is 1. The number of fused-ring (bicyclic) bond motifs is 1. The molecule has 0 atom stereocenters. The van der Waals surface area contributed by atoms with Crippen LogP contribution < -0.4 is 0 Å². The van der Waals surface area contributed by atoms with Gasteiger partial charge in [-0.15, -0.1) is 11.8 Å². The molecule has 6 heteroatoms. The highest BCUT2D eigenvalue weighted by Crippen LogP contribution is 2.35. The molecule has 0 unspecified atom stereocenters. The van der Waals surface area contributed by atoms with Gasteiger partial charge in [-0.25, -0.2) is 4.98 Å². The summed E-state index contributed by atoms with van der Waals surface area (Å²) in [6.45, 7) is 0. The lowest BCUT2D eigenvalue weighted by atomic mass is 10.1. The van der Waals surface area contributed by atoms with Crippen LogP contribution in [0.4, 0.5) is 0 Å². The highest BCUT2D eigenvalue weighted by atomic mass is 35.5. The van der Waals surface area contributed by atoms with E-state index in [0.717, 1.165) is 28.1 Å². The number of hydrogen-bond donors (Lipinski definition) is 3. The SMILES string of the molecule is N=Cc1ccc2c(C=N)c(O)nc(SCc3ccccc3Cl)c2c1. The summed E-state index contributed by atoms with van der Waals surface area (Å²) < 4.78 is 0. The number of benzene rings is 2. The van der Waals surface area contributed by atoms with Crippen LogP contribution in [0.15, 0.2) is 47.5 Å². The molecule has 3 aromatic rings. The normalized spacial score (nSPS) is 10.7. The second kappa shape index (κ2) is 7.03. The summed E-state index contributed by atoms with van der Waals surface area (Å²) in [5.74, 6) is 0.446. The smallest absolute Gasteiger partial charge is 0.221 e. The Hall–Kier alpha value is -2.37. The van der Waals surface area contributed by atoms with Crippen LogP contribution in [0.5, 0.6) is 5.88 Å². The molecule has 3 rings (SSSR count). The van der Waals surface area contributed by atoms with Crippen LogP contribution in [-0.4, -0.2) is 22.5 Å². The Kier molecular flexibility index (Phi) is 4.83. The average Bonchev–Trinajstić information content (AvgIpc) is 2.60. The minimum absolute atomic E-state index is 0.165. The van der Waals surface area contributed by atoms with Crippen LogP contribution >= 0.6 is 23.4 Å². The molecule has 1 aromatic heterocycles. The van der Waals surface area contributed by atoms with Crippen molar-refractivity contribution in [3.63, 3.8) is 0 Å². The monoisotopic (exact) mass is 355 g/mol. The first-order chi connectivity index (χ1) is 11.6. The third-order valence-electron chi connectivity index (χ3n) is 3.65. The first kappa shape index (κ1) is 16.5. The van der Waals surface area contributed by atoms with Crippen molar-refractivity contribution in [2.45, 2.75) is 10.8 Å². The Bertz CT molecular complexity index is 943. The Balaban J connectivity index is 2.08. The standard InChI is InChI=1S/C18H14ClN3OS/c19-16-4-2-1-3-12(16)10-24-18-14-7-11(8-20)5-6-13(14)15(9-21)17(23)22-18/h1-9,20-21H,10H2,(H,22,23). The second-order valence-corrected chi connectivity index (χ2v) is 6.50. The zero-order valence-electron chi connectivity index (χ0n) is 12.6. The molecule has 0 radical (unpaired) electrons. The van der Waals surface area contributed by atoms with E-state index >= 15 is 0 Å². The molecular weight excluding hydrogens is 342 g/mol. The van der Waals surface area contributed by atoms with Gasteiger partial charge < -0.3 is 15.9 Å². The third-order valence-corrected chi connectivity index (χ3v) is 5.05. The van der Waals surface area contributed by atoms with Gasteiger partial charge in [-0.3, -0.25) is 0 Å². The van der Waals surface area contributed by atoms with E-state index < -0.39 is 0 Å². The summed E-state index contributed by atoms with van der Waals surface area (Å²) in [4.78, 5) is 4.24. The molecule has 0 saturated carbocycles. The lowest BCUT2D eigenvalue weighted by Crippen LogP contribution is -1.94. The maximum absolute atomic E-state index is 10.1. The van der Waals surface area contributed by atoms with Crippen LogP contribution in [0, 0.1) is 10.8 Å². The maximum atomic E-state index is 10.1. The number of aromatic hydroxyl groups is 1. The zero-order chi connectivity index (χ0) is 17.1. The number of halogens is 1. The van der Waals surface area contributed by atoms with Crippen LogP contribution in [0.1, 0.15) is 16.7 Å². The summed E-state index contributed by atoms with van der Waals surface area (Å²) in [6.07, 6.45) is 2.36. The number of pyridine rings is 1. The van der Waals surface area contributed by atoms with Gasteiger partial charge in [0.2, 0.25) is 5.88 Å². The molecule has 0 aliphatic heterocycles. The van der Waals surface area contributed by atoms with Gasteiger partial charge in [0.05, 0.1) is 5.56 Å². The minimum Gasteiger partial charge on any atom is -0.493 e.